The average molecular weight is 369 g/mol. The van der Waals surface area contributed by atoms with Crippen molar-refractivity contribution in [3.05, 3.63) is 58.7 Å². The third kappa shape index (κ3) is 7.39. The van der Waals surface area contributed by atoms with Crippen molar-refractivity contribution in [3.8, 4) is 0 Å². The van der Waals surface area contributed by atoms with Crippen molar-refractivity contribution in [2.24, 2.45) is 11.1 Å². The Balaban J connectivity index is 2.10. The molecule has 0 amide bonds. The summed E-state index contributed by atoms with van der Waals surface area (Å²) in [4.78, 5) is 9.31. The van der Waals surface area contributed by atoms with E-state index < -0.39 is 0 Å². The Morgan fingerprint density at radius 3 is 2.59 bits per heavy atom. The molecular weight excluding hydrogens is 332 g/mol. The van der Waals surface area contributed by atoms with Crippen LogP contribution in [-0.4, -0.2) is 22.6 Å². The number of rotatable bonds is 9. The summed E-state index contributed by atoms with van der Waals surface area (Å²) in [6, 6.07) is 6.81. The molecule has 0 aliphatic carbocycles. The first-order valence-corrected chi connectivity index (χ1v) is 10.1. The highest BCUT2D eigenvalue weighted by Crippen LogP contribution is 2.23. The third-order valence-corrected chi connectivity index (χ3v) is 4.78. The van der Waals surface area contributed by atoms with E-state index in [4.69, 9.17) is 10.7 Å². The van der Waals surface area contributed by atoms with Gasteiger partial charge in [-0.3, -0.25) is 9.97 Å². The molecule has 0 saturated heterocycles. The van der Waals surface area contributed by atoms with Crippen LogP contribution in [0.4, 0.5) is 0 Å². The molecule has 0 radical (unpaired) electrons. The van der Waals surface area contributed by atoms with Crippen molar-refractivity contribution in [2.45, 2.75) is 72.9 Å². The van der Waals surface area contributed by atoms with Gasteiger partial charge in [-0.05, 0) is 67.8 Å². The highest BCUT2D eigenvalue weighted by Gasteiger charge is 2.17. The zero-order chi connectivity index (χ0) is 19.9. The summed E-state index contributed by atoms with van der Waals surface area (Å²) in [6.07, 6.45) is 7.88. The molecule has 27 heavy (non-hydrogen) atoms. The lowest BCUT2D eigenvalue weighted by Gasteiger charge is -2.23. The molecule has 0 bridgehead atoms. The van der Waals surface area contributed by atoms with Crippen LogP contribution in [0.2, 0.25) is 0 Å². The fourth-order valence-electron chi connectivity index (χ4n) is 3.43. The molecule has 0 aliphatic heterocycles. The first kappa shape index (κ1) is 21.5. The number of nitrogens with two attached hydrogens (primary N) is 1. The van der Waals surface area contributed by atoms with E-state index in [1.54, 1.807) is 0 Å². The fraction of sp³-hybridized carbons (Fsp3) is 0.565. The molecule has 0 saturated carbocycles. The maximum Gasteiger partial charge on any atom is 0.0571 e. The third-order valence-electron chi connectivity index (χ3n) is 4.78. The van der Waals surface area contributed by atoms with E-state index in [1.807, 2.05) is 18.5 Å². The first-order valence-electron chi connectivity index (χ1n) is 10.1. The lowest BCUT2D eigenvalue weighted by atomic mass is 9.86. The number of nitrogens with one attached hydrogen (secondary N) is 1. The van der Waals surface area contributed by atoms with Crippen molar-refractivity contribution in [2.75, 3.05) is 6.54 Å². The number of aryl methyl sites for hydroxylation is 2. The summed E-state index contributed by atoms with van der Waals surface area (Å²) in [7, 11) is 0. The van der Waals surface area contributed by atoms with Crippen molar-refractivity contribution in [1.82, 2.24) is 15.3 Å². The van der Waals surface area contributed by atoms with Gasteiger partial charge in [0.1, 0.15) is 0 Å². The van der Waals surface area contributed by atoms with E-state index >= 15 is 0 Å². The van der Waals surface area contributed by atoms with Crippen LogP contribution >= 0.6 is 0 Å². The molecule has 2 aromatic rings. The zero-order valence-electron chi connectivity index (χ0n) is 17.7. The van der Waals surface area contributed by atoms with Gasteiger partial charge in [-0.1, -0.05) is 32.9 Å². The molecule has 4 nitrogen and oxygen atoms in total. The largest absolute Gasteiger partial charge is 0.330 e. The Morgan fingerprint density at radius 1 is 1.15 bits per heavy atom. The molecule has 0 aromatic carbocycles. The summed E-state index contributed by atoms with van der Waals surface area (Å²) < 4.78 is 0. The molecule has 0 spiro atoms. The van der Waals surface area contributed by atoms with E-state index in [-0.39, 0.29) is 5.41 Å². The number of hydrogen-bond acceptors (Lipinski definition) is 4. The lowest BCUT2D eigenvalue weighted by Crippen LogP contribution is -2.32. The SMILES string of the molecule is Cc1cnc(CNC(CCCN)Cc2ncccc2CC(C)(C)C)c(C)c1. The minimum absolute atomic E-state index is 0.251. The number of aromatic nitrogens is 2. The highest BCUT2D eigenvalue weighted by atomic mass is 14.9. The minimum Gasteiger partial charge on any atom is -0.330 e. The predicted molar refractivity (Wildman–Crippen MR) is 114 cm³/mol. The van der Waals surface area contributed by atoms with Crippen LogP contribution < -0.4 is 11.1 Å². The number of nitrogens with zero attached hydrogens (tertiary/aromatic N) is 2. The van der Waals surface area contributed by atoms with E-state index in [2.05, 4.69) is 57.1 Å². The molecule has 1 unspecified atom stereocenters. The highest BCUT2D eigenvalue weighted by molar-refractivity contribution is 5.24. The molecule has 4 heteroatoms. The summed E-state index contributed by atoms with van der Waals surface area (Å²) >= 11 is 0. The molecule has 2 heterocycles. The lowest BCUT2D eigenvalue weighted by molar-refractivity contribution is 0.405. The first-order chi connectivity index (χ1) is 12.8. The Morgan fingerprint density at radius 2 is 1.93 bits per heavy atom. The van der Waals surface area contributed by atoms with Gasteiger partial charge in [0.05, 0.1) is 5.69 Å². The van der Waals surface area contributed by atoms with Crippen LogP contribution in [0.15, 0.2) is 30.6 Å². The van der Waals surface area contributed by atoms with Gasteiger partial charge in [0, 0.05) is 37.1 Å². The van der Waals surface area contributed by atoms with Crippen molar-refractivity contribution in [1.29, 1.82) is 0 Å². The van der Waals surface area contributed by atoms with Crippen molar-refractivity contribution in [3.63, 3.8) is 0 Å². The Hall–Kier alpha value is -1.78. The second kappa shape index (κ2) is 9.95. The quantitative estimate of drug-likeness (QED) is 0.699. The maximum absolute atomic E-state index is 5.78. The second-order valence-electron chi connectivity index (χ2n) is 8.84. The van der Waals surface area contributed by atoms with E-state index in [9.17, 15) is 0 Å². The van der Waals surface area contributed by atoms with Crippen molar-refractivity contribution < 1.29 is 0 Å². The number of pyridine rings is 2. The smallest absolute Gasteiger partial charge is 0.0571 e. The fourth-order valence-corrected chi connectivity index (χ4v) is 3.43. The summed E-state index contributed by atoms with van der Waals surface area (Å²) in [5.74, 6) is 0. The van der Waals surface area contributed by atoms with Crippen LogP contribution in [0.1, 0.15) is 61.7 Å². The molecule has 3 N–H and O–H groups in total. The Bertz CT molecular complexity index is 719. The minimum atomic E-state index is 0.251. The van der Waals surface area contributed by atoms with Crippen LogP contribution in [-0.2, 0) is 19.4 Å². The topological polar surface area (TPSA) is 63.8 Å². The van der Waals surface area contributed by atoms with Gasteiger partial charge < -0.3 is 11.1 Å². The molecule has 1 atom stereocenters. The van der Waals surface area contributed by atoms with Gasteiger partial charge in [-0.15, -0.1) is 0 Å². The standard InChI is InChI=1S/C23H36N4/c1-17-12-18(2)22(27-15-17)16-26-20(9-6-10-24)13-21-19(8-7-11-25-21)14-23(3,4)5/h7-8,11-12,15,20,26H,6,9-10,13-14,16,24H2,1-5H3. The number of hydrogen-bond donors (Lipinski definition) is 2. The second-order valence-corrected chi connectivity index (χ2v) is 8.84. The summed E-state index contributed by atoms with van der Waals surface area (Å²) in [5.41, 5.74) is 12.2. The normalized spacial score (nSPS) is 13.0. The van der Waals surface area contributed by atoms with Crippen LogP contribution in [0.3, 0.4) is 0 Å². The van der Waals surface area contributed by atoms with Crippen LogP contribution in [0.5, 0.6) is 0 Å². The van der Waals surface area contributed by atoms with Gasteiger partial charge in [-0.2, -0.15) is 0 Å². The van der Waals surface area contributed by atoms with Crippen LogP contribution in [0, 0.1) is 19.3 Å². The molecular formula is C23H36N4. The van der Waals surface area contributed by atoms with Gasteiger partial charge in [-0.25, -0.2) is 0 Å². The molecule has 2 aromatic heterocycles. The van der Waals surface area contributed by atoms with Gasteiger partial charge >= 0.3 is 0 Å². The Kier molecular flexibility index (Phi) is 7.93. The molecule has 2 rings (SSSR count). The molecule has 0 fully saturated rings. The van der Waals surface area contributed by atoms with Gasteiger partial charge in [0.25, 0.3) is 0 Å². The Labute approximate surface area is 165 Å². The maximum atomic E-state index is 5.78. The molecule has 148 valence electrons. The average Bonchev–Trinajstić information content (AvgIpc) is 2.58. The summed E-state index contributed by atoms with van der Waals surface area (Å²) in [5, 5.41) is 3.71. The monoisotopic (exact) mass is 368 g/mol. The van der Waals surface area contributed by atoms with Crippen LogP contribution in [0.25, 0.3) is 0 Å². The predicted octanol–water partition coefficient (Wildman–Crippen LogP) is 4.12. The zero-order valence-corrected chi connectivity index (χ0v) is 17.7. The van der Waals surface area contributed by atoms with Crippen molar-refractivity contribution >= 4 is 0 Å². The van der Waals surface area contributed by atoms with Gasteiger partial charge in [0.15, 0.2) is 0 Å². The summed E-state index contributed by atoms with van der Waals surface area (Å²) in [6.45, 7) is 12.5. The van der Waals surface area contributed by atoms with E-state index in [0.29, 0.717) is 6.04 Å². The van der Waals surface area contributed by atoms with Gasteiger partial charge in [0.2, 0.25) is 0 Å². The van der Waals surface area contributed by atoms with E-state index in [1.165, 1.54) is 22.4 Å². The van der Waals surface area contributed by atoms with E-state index in [0.717, 1.165) is 44.5 Å². The molecule has 0 aliphatic rings.